The second-order valence-electron chi connectivity index (χ2n) is 2.76. The van der Waals surface area contributed by atoms with Crippen LogP contribution in [0.4, 0.5) is 0 Å². The zero-order chi connectivity index (χ0) is 9.72. The fourth-order valence-corrected chi connectivity index (χ4v) is 0.725. The van der Waals surface area contributed by atoms with Gasteiger partial charge in [-0.05, 0) is 5.92 Å². The van der Waals surface area contributed by atoms with E-state index in [2.05, 4.69) is 21.2 Å². The summed E-state index contributed by atoms with van der Waals surface area (Å²) in [4.78, 5) is 20.8. The highest BCUT2D eigenvalue weighted by molar-refractivity contribution is 9.10. The average Bonchev–Trinajstić information content (AvgIpc) is 1.98. The molecule has 0 aromatic rings. The number of nitrogens with one attached hydrogen (secondary N) is 1. The maximum absolute atomic E-state index is 11.1. The van der Waals surface area contributed by atoms with Crippen molar-refractivity contribution in [3.63, 3.8) is 0 Å². The molecule has 0 fully saturated rings. The number of hydrogen-bond donors (Lipinski definition) is 2. The standard InChI is InChI=1S/C7H12BrNO3/c1-4(2)6(8)7(12)9-3-5(10)11/h4,6H,3H2,1-2H3,(H,9,12)(H,10,11)/t6-/m0/s1. The monoisotopic (exact) mass is 237 g/mol. The molecule has 1 amide bonds. The zero-order valence-electron chi connectivity index (χ0n) is 7.00. The fourth-order valence-electron chi connectivity index (χ4n) is 0.563. The molecular weight excluding hydrogens is 226 g/mol. The highest BCUT2D eigenvalue weighted by Crippen LogP contribution is 2.11. The van der Waals surface area contributed by atoms with Gasteiger partial charge in [0.15, 0.2) is 0 Å². The van der Waals surface area contributed by atoms with Crippen LogP contribution in [0.15, 0.2) is 0 Å². The number of hydrogen-bond acceptors (Lipinski definition) is 2. The van der Waals surface area contributed by atoms with E-state index in [1.54, 1.807) is 0 Å². The van der Waals surface area contributed by atoms with Crippen LogP contribution >= 0.6 is 15.9 Å². The van der Waals surface area contributed by atoms with E-state index in [1.165, 1.54) is 0 Å². The number of carboxylic acids is 1. The average molecular weight is 238 g/mol. The van der Waals surface area contributed by atoms with Crippen molar-refractivity contribution >= 4 is 27.8 Å². The Morgan fingerprint density at radius 3 is 2.33 bits per heavy atom. The fraction of sp³-hybridized carbons (Fsp3) is 0.714. The van der Waals surface area contributed by atoms with Gasteiger partial charge in [0.1, 0.15) is 6.54 Å². The number of amides is 1. The Morgan fingerprint density at radius 1 is 1.50 bits per heavy atom. The molecule has 0 unspecified atom stereocenters. The first-order valence-corrected chi connectivity index (χ1v) is 4.50. The normalized spacial score (nSPS) is 12.7. The molecule has 0 aromatic heterocycles. The van der Waals surface area contributed by atoms with Crippen molar-refractivity contribution < 1.29 is 14.7 Å². The number of carboxylic acid groups (broad SMARTS) is 1. The molecule has 0 rings (SSSR count). The van der Waals surface area contributed by atoms with Gasteiger partial charge in [-0.2, -0.15) is 0 Å². The van der Waals surface area contributed by atoms with Gasteiger partial charge in [-0.3, -0.25) is 9.59 Å². The largest absolute Gasteiger partial charge is 0.480 e. The third-order valence-electron chi connectivity index (χ3n) is 1.25. The molecule has 0 spiro atoms. The summed E-state index contributed by atoms with van der Waals surface area (Å²) in [6.07, 6.45) is 0. The van der Waals surface area contributed by atoms with Crippen LogP contribution in [0.2, 0.25) is 0 Å². The van der Waals surface area contributed by atoms with Crippen molar-refractivity contribution in [1.29, 1.82) is 0 Å². The Bertz CT molecular complexity index is 181. The van der Waals surface area contributed by atoms with Gasteiger partial charge in [-0.1, -0.05) is 29.8 Å². The first-order chi connectivity index (χ1) is 5.45. The summed E-state index contributed by atoms with van der Waals surface area (Å²) < 4.78 is 0. The molecule has 0 saturated carbocycles. The maximum atomic E-state index is 11.1. The molecule has 0 aliphatic rings. The van der Waals surface area contributed by atoms with Gasteiger partial charge in [0.2, 0.25) is 5.91 Å². The van der Waals surface area contributed by atoms with E-state index in [9.17, 15) is 9.59 Å². The summed E-state index contributed by atoms with van der Waals surface area (Å²) in [6.45, 7) is 3.42. The van der Waals surface area contributed by atoms with Gasteiger partial charge in [0.05, 0.1) is 4.83 Å². The van der Waals surface area contributed by atoms with Crippen molar-refractivity contribution in [2.24, 2.45) is 5.92 Å². The van der Waals surface area contributed by atoms with Gasteiger partial charge in [-0.25, -0.2) is 0 Å². The predicted molar refractivity (Wildman–Crippen MR) is 48.2 cm³/mol. The quantitative estimate of drug-likeness (QED) is 0.705. The molecule has 0 aliphatic heterocycles. The van der Waals surface area contributed by atoms with E-state index in [1.807, 2.05) is 13.8 Å². The van der Waals surface area contributed by atoms with Crippen LogP contribution in [0, 0.1) is 5.92 Å². The lowest BCUT2D eigenvalue weighted by Crippen LogP contribution is -2.37. The number of carbonyl (C=O) groups excluding carboxylic acids is 1. The van der Waals surface area contributed by atoms with Crippen LogP contribution in [0.3, 0.4) is 0 Å². The molecule has 5 heteroatoms. The van der Waals surface area contributed by atoms with Gasteiger partial charge in [-0.15, -0.1) is 0 Å². The van der Waals surface area contributed by atoms with Crippen molar-refractivity contribution in [1.82, 2.24) is 5.32 Å². The Balaban J connectivity index is 3.80. The van der Waals surface area contributed by atoms with E-state index in [4.69, 9.17) is 5.11 Å². The van der Waals surface area contributed by atoms with E-state index in [0.29, 0.717) is 0 Å². The van der Waals surface area contributed by atoms with Crippen LogP contribution in [-0.4, -0.2) is 28.4 Å². The number of rotatable bonds is 4. The van der Waals surface area contributed by atoms with E-state index in [-0.39, 0.29) is 23.2 Å². The Hall–Kier alpha value is -0.580. The summed E-state index contributed by atoms with van der Waals surface area (Å²) in [7, 11) is 0. The van der Waals surface area contributed by atoms with Crippen LogP contribution in [0.25, 0.3) is 0 Å². The molecular formula is C7H12BrNO3. The summed E-state index contributed by atoms with van der Waals surface area (Å²) in [5, 5.41) is 10.5. The van der Waals surface area contributed by atoms with Crippen LogP contribution in [0.1, 0.15) is 13.8 Å². The minimum Gasteiger partial charge on any atom is -0.480 e. The van der Waals surface area contributed by atoms with Crippen LogP contribution in [0.5, 0.6) is 0 Å². The molecule has 0 heterocycles. The number of aliphatic carboxylic acids is 1. The van der Waals surface area contributed by atoms with Gasteiger partial charge in [0, 0.05) is 0 Å². The highest BCUT2D eigenvalue weighted by atomic mass is 79.9. The maximum Gasteiger partial charge on any atom is 0.322 e. The molecule has 12 heavy (non-hydrogen) atoms. The Morgan fingerprint density at radius 2 is 2.00 bits per heavy atom. The highest BCUT2D eigenvalue weighted by Gasteiger charge is 2.18. The topological polar surface area (TPSA) is 66.4 Å². The molecule has 1 atom stereocenters. The van der Waals surface area contributed by atoms with E-state index < -0.39 is 5.97 Å². The zero-order valence-corrected chi connectivity index (χ0v) is 8.59. The third-order valence-corrected chi connectivity index (χ3v) is 2.72. The number of carbonyl (C=O) groups is 2. The smallest absolute Gasteiger partial charge is 0.322 e. The lowest BCUT2D eigenvalue weighted by atomic mass is 10.1. The van der Waals surface area contributed by atoms with Crippen molar-refractivity contribution in [2.75, 3.05) is 6.54 Å². The summed E-state index contributed by atoms with van der Waals surface area (Å²) in [5.41, 5.74) is 0. The first-order valence-electron chi connectivity index (χ1n) is 3.58. The summed E-state index contributed by atoms with van der Waals surface area (Å²) >= 11 is 3.15. The third kappa shape index (κ3) is 4.33. The second kappa shape index (κ2) is 5.13. The molecule has 0 bridgehead atoms. The molecule has 0 aliphatic carbocycles. The Kier molecular flexibility index (Phi) is 4.89. The second-order valence-corrected chi connectivity index (χ2v) is 3.74. The molecule has 0 radical (unpaired) electrons. The van der Waals surface area contributed by atoms with Crippen molar-refractivity contribution in [2.45, 2.75) is 18.7 Å². The summed E-state index contributed by atoms with van der Waals surface area (Å²) in [6, 6.07) is 0. The molecule has 0 aromatic carbocycles. The minimum absolute atomic E-state index is 0.152. The predicted octanol–water partition coefficient (Wildman–Crippen LogP) is 0.607. The van der Waals surface area contributed by atoms with Gasteiger partial charge < -0.3 is 10.4 Å². The lowest BCUT2D eigenvalue weighted by Gasteiger charge is -2.12. The van der Waals surface area contributed by atoms with E-state index in [0.717, 1.165) is 0 Å². The number of alkyl halides is 1. The van der Waals surface area contributed by atoms with Gasteiger partial charge in [0.25, 0.3) is 0 Å². The van der Waals surface area contributed by atoms with Crippen LogP contribution in [-0.2, 0) is 9.59 Å². The summed E-state index contributed by atoms with van der Waals surface area (Å²) in [5.74, 6) is -1.17. The molecule has 0 saturated heterocycles. The Labute approximate surface area is 79.5 Å². The van der Waals surface area contributed by atoms with Gasteiger partial charge >= 0.3 is 5.97 Å². The number of halogens is 1. The SMILES string of the molecule is CC(C)[C@H](Br)C(=O)NCC(=O)O. The van der Waals surface area contributed by atoms with Crippen molar-refractivity contribution in [3.05, 3.63) is 0 Å². The lowest BCUT2D eigenvalue weighted by molar-refractivity contribution is -0.137. The molecule has 4 nitrogen and oxygen atoms in total. The van der Waals surface area contributed by atoms with Crippen LogP contribution < -0.4 is 5.32 Å². The molecule has 70 valence electrons. The van der Waals surface area contributed by atoms with E-state index >= 15 is 0 Å². The minimum atomic E-state index is -1.04. The molecule has 2 N–H and O–H groups in total. The van der Waals surface area contributed by atoms with Crippen molar-refractivity contribution in [3.8, 4) is 0 Å². The first kappa shape index (κ1) is 11.4.